The molecule has 0 radical (unpaired) electrons. The topological polar surface area (TPSA) is 106 Å². The fraction of sp³-hybridized carbons (Fsp3) is 0.273. The Morgan fingerprint density at radius 2 is 2.11 bits per heavy atom. The van der Waals surface area contributed by atoms with E-state index in [0.29, 0.717) is 0 Å². The third-order valence-corrected chi connectivity index (χ3v) is 1.94. The maximum absolute atomic E-state index is 11.5. The minimum atomic E-state index is -1.37. The number of nitrogens with one attached hydrogen (secondary N) is 1. The van der Waals surface area contributed by atoms with Gasteiger partial charge in [0.15, 0.2) is 5.69 Å². The van der Waals surface area contributed by atoms with E-state index in [4.69, 9.17) is 9.84 Å². The molecule has 7 heteroatoms. The Balaban J connectivity index is 3.30. The number of nitrogens with zero attached hydrogens (tertiary/aromatic N) is 1. The van der Waals surface area contributed by atoms with E-state index in [1.165, 1.54) is 19.2 Å². The highest BCUT2D eigenvalue weighted by atomic mass is 16.5. The zero-order valence-corrected chi connectivity index (χ0v) is 9.89. The number of hydrogen-bond donors (Lipinski definition) is 2. The zero-order chi connectivity index (χ0) is 13.7. The molecule has 18 heavy (non-hydrogen) atoms. The molecule has 0 aromatic carbocycles. The molecule has 0 unspecified atom stereocenters. The summed E-state index contributed by atoms with van der Waals surface area (Å²) in [5.41, 5.74) is -0.713. The molecule has 0 bridgehead atoms. The Morgan fingerprint density at radius 1 is 1.44 bits per heavy atom. The first-order valence-corrected chi connectivity index (χ1v) is 5.14. The summed E-state index contributed by atoms with van der Waals surface area (Å²) < 4.78 is 4.70. The van der Waals surface area contributed by atoms with Crippen molar-refractivity contribution in [1.29, 1.82) is 0 Å². The highest BCUT2D eigenvalue weighted by Crippen LogP contribution is 2.19. The van der Waals surface area contributed by atoms with Gasteiger partial charge in [0.2, 0.25) is 5.91 Å². The molecule has 0 atom stereocenters. The van der Waals surface area contributed by atoms with E-state index in [9.17, 15) is 14.4 Å². The molecule has 0 fully saturated rings. The largest absolute Gasteiger partial charge is 0.478 e. The van der Waals surface area contributed by atoms with Crippen LogP contribution in [-0.4, -0.2) is 34.5 Å². The number of hydrogen-bond acceptors (Lipinski definition) is 5. The minimum Gasteiger partial charge on any atom is -0.478 e. The average molecular weight is 252 g/mol. The van der Waals surface area contributed by atoms with Gasteiger partial charge in [-0.15, -0.1) is 0 Å². The van der Waals surface area contributed by atoms with Crippen molar-refractivity contribution in [3.05, 3.63) is 23.5 Å². The van der Waals surface area contributed by atoms with Crippen molar-refractivity contribution < 1.29 is 24.2 Å². The average Bonchev–Trinajstić information content (AvgIpc) is 2.27. The van der Waals surface area contributed by atoms with Gasteiger partial charge in [-0.1, -0.05) is 0 Å². The number of rotatable bonds is 4. The van der Waals surface area contributed by atoms with Crippen molar-refractivity contribution in [3.8, 4) is 0 Å². The van der Waals surface area contributed by atoms with Crippen molar-refractivity contribution in [3.63, 3.8) is 0 Å². The molecule has 0 aliphatic rings. The van der Waals surface area contributed by atoms with Gasteiger partial charge in [0.05, 0.1) is 12.3 Å². The maximum atomic E-state index is 11.5. The predicted octanol–water partition coefficient (Wildman–Crippen LogP) is 0.915. The van der Waals surface area contributed by atoms with Gasteiger partial charge in [-0.3, -0.25) is 4.79 Å². The van der Waals surface area contributed by atoms with Gasteiger partial charge >= 0.3 is 11.9 Å². The molecule has 2 N–H and O–H groups in total. The van der Waals surface area contributed by atoms with Crippen LogP contribution in [0, 0.1) is 0 Å². The van der Waals surface area contributed by atoms with E-state index in [2.05, 4.69) is 10.3 Å². The van der Waals surface area contributed by atoms with E-state index in [1.807, 2.05) is 0 Å². The number of esters is 1. The Hall–Kier alpha value is -2.44. The fourth-order valence-corrected chi connectivity index (χ4v) is 1.33. The Kier molecular flexibility index (Phi) is 4.36. The first-order chi connectivity index (χ1) is 8.47. The summed E-state index contributed by atoms with van der Waals surface area (Å²) in [7, 11) is 0. The van der Waals surface area contributed by atoms with Gasteiger partial charge in [0, 0.05) is 13.1 Å². The molecule has 0 aliphatic carbocycles. The smallest absolute Gasteiger partial charge is 0.357 e. The van der Waals surface area contributed by atoms with Gasteiger partial charge in [-0.05, 0) is 13.0 Å². The van der Waals surface area contributed by atoms with E-state index in [1.54, 1.807) is 6.92 Å². The lowest BCUT2D eigenvalue weighted by Crippen LogP contribution is -2.18. The third-order valence-electron chi connectivity index (χ3n) is 1.94. The predicted molar refractivity (Wildman–Crippen MR) is 61.5 cm³/mol. The maximum Gasteiger partial charge on any atom is 0.357 e. The molecule has 1 amide bonds. The van der Waals surface area contributed by atoms with Crippen LogP contribution in [0.25, 0.3) is 0 Å². The van der Waals surface area contributed by atoms with Gasteiger partial charge in [-0.2, -0.15) is 0 Å². The van der Waals surface area contributed by atoms with Gasteiger partial charge < -0.3 is 15.2 Å². The summed E-state index contributed by atoms with van der Waals surface area (Å²) in [6.45, 7) is 2.93. The van der Waals surface area contributed by atoms with Crippen molar-refractivity contribution in [2.45, 2.75) is 13.8 Å². The molecule has 1 aromatic heterocycles. The first-order valence-electron chi connectivity index (χ1n) is 5.14. The summed E-state index contributed by atoms with van der Waals surface area (Å²) in [5, 5.41) is 11.4. The molecule has 1 aromatic rings. The zero-order valence-electron chi connectivity index (χ0n) is 9.89. The van der Waals surface area contributed by atoms with Crippen molar-refractivity contribution in [2.24, 2.45) is 0 Å². The SMILES string of the molecule is CCOC(=O)c1nccc(NC(C)=O)c1C(=O)O. The van der Waals surface area contributed by atoms with Crippen molar-refractivity contribution in [2.75, 3.05) is 11.9 Å². The molecule has 0 saturated carbocycles. The minimum absolute atomic E-state index is 0.00746. The van der Waals surface area contributed by atoms with Gasteiger partial charge in [0.1, 0.15) is 5.56 Å². The molecular weight excluding hydrogens is 240 g/mol. The van der Waals surface area contributed by atoms with E-state index in [-0.39, 0.29) is 23.6 Å². The fourth-order valence-electron chi connectivity index (χ4n) is 1.33. The third kappa shape index (κ3) is 3.03. The summed E-state index contributed by atoms with van der Waals surface area (Å²) in [6.07, 6.45) is 1.23. The van der Waals surface area contributed by atoms with Crippen molar-refractivity contribution >= 4 is 23.5 Å². The summed E-state index contributed by atoms with van der Waals surface area (Å²) >= 11 is 0. The highest BCUT2D eigenvalue weighted by Gasteiger charge is 2.23. The highest BCUT2D eigenvalue weighted by molar-refractivity contribution is 6.07. The molecule has 96 valence electrons. The summed E-state index contributed by atoms with van der Waals surface area (Å²) in [4.78, 5) is 37.3. The second-order valence-corrected chi connectivity index (χ2v) is 3.29. The van der Waals surface area contributed by atoms with Crippen LogP contribution < -0.4 is 5.32 Å². The summed E-state index contributed by atoms with van der Waals surface area (Å²) in [6, 6.07) is 1.30. The number of aromatic carboxylic acids is 1. The molecular formula is C11H12N2O5. The monoisotopic (exact) mass is 252 g/mol. The summed E-state index contributed by atoms with van der Waals surface area (Å²) in [5.74, 6) is -2.66. The first kappa shape index (κ1) is 13.6. The van der Waals surface area contributed by atoms with Crippen LogP contribution in [0.2, 0.25) is 0 Å². The Morgan fingerprint density at radius 3 is 2.61 bits per heavy atom. The number of carboxylic acids is 1. The standard InChI is InChI=1S/C11H12N2O5/c1-3-18-11(17)9-8(10(15)16)7(4-5-12-9)13-6(2)14/h4-5H,3H2,1-2H3,(H,15,16)(H,12,13,14). The van der Waals surface area contributed by atoms with E-state index in [0.717, 1.165) is 0 Å². The number of carboxylic acid groups (broad SMARTS) is 1. The number of pyridine rings is 1. The van der Waals surface area contributed by atoms with Crippen LogP contribution in [0.3, 0.4) is 0 Å². The number of aromatic nitrogens is 1. The number of carbonyl (C=O) groups is 3. The lowest BCUT2D eigenvalue weighted by atomic mass is 10.1. The van der Waals surface area contributed by atoms with E-state index < -0.39 is 17.8 Å². The van der Waals surface area contributed by atoms with Gasteiger partial charge in [0.25, 0.3) is 0 Å². The Labute approximate surface area is 103 Å². The van der Waals surface area contributed by atoms with E-state index >= 15 is 0 Å². The molecule has 1 heterocycles. The second-order valence-electron chi connectivity index (χ2n) is 3.29. The second kappa shape index (κ2) is 5.76. The van der Waals surface area contributed by atoms with Crippen LogP contribution in [0.5, 0.6) is 0 Å². The lowest BCUT2D eigenvalue weighted by molar-refractivity contribution is -0.114. The molecule has 7 nitrogen and oxygen atoms in total. The number of carbonyl (C=O) groups excluding carboxylic acids is 2. The molecule has 0 saturated heterocycles. The van der Waals surface area contributed by atoms with Crippen LogP contribution in [-0.2, 0) is 9.53 Å². The number of anilines is 1. The normalized spacial score (nSPS) is 9.67. The molecule has 1 rings (SSSR count). The van der Waals surface area contributed by atoms with Crippen LogP contribution in [0.4, 0.5) is 5.69 Å². The van der Waals surface area contributed by atoms with Crippen LogP contribution >= 0.6 is 0 Å². The van der Waals surface area contributed by atoms with Crippen LogP contribution in [0.15, 0.2) is 12.3 Å². The number of ether oxygens (including phenoxy) is 1. The molecule has 0 aliphatic heterocycles. The number of amides is 1. The van der Waals surface area contributed by atoms with Crippen LogP contribution in [0.1, 0.15) is 34.7 Å². The molecule has 0 spiro atoms. The van der Waals surface area contributed by atoms with Gasteiger partial charge in [-0.25, -0.2) is 14.6 Å². The quantitative estimate of drug-likeness (QED) is 0.771. The Bertz CT molecular complexity index is 498. The van der Waals surface area contributed by atoms with Crippen molar-refractivity contribution in [1.82, 2.24) is 4.98 Å². The lowest BCUT2D eigenvalue weighted by Gasteiger charge is -2.09.